The molecule has 20 heavy (non-hydrogen) atoms. The van der Waals surface area contributed by atoms with Crippen molar-refractivity contribution in [3.63, 3.8) is 0 Å². The van der Waals surface area contributed by atoms with Crippen LogP contribution in [-0.4, -0.2) is 21.3 Å². The van der Waals surface area contributed by atoms with Gasteiger partial charge in [0.1, 0.15) is 6.33 Å². The summed E-state index contributed by atoms with van der Waals surface area (Å²) in [6, 6.07) is 6.67. The van der Waals surface area contributed by atoms with Gasteiger partial charge in [0.05, 0.1) is 0 Å². The van der Waals surface area contributed by atoms with Gasteiger partial charge in [-0.25, -0.2) is 0 Å². The molecular weight excluding hydrogens is 336 g/mol. The highest BCUT2D eigenvalue weighted by molar-refractivity contribution is 9.10. The summed E-state index contributed by atoms with van der Waals surface area (Å²) >= 11 is 5.20. The van der Waals surface area contributed by atoms with Crippen molar-refractivity contribution in [2.24, 2.45) is 7.05 Å². The molecule has 0 bridgehead atoms. The van der Waals surface area contributed by atoms with Crippen LogP contribution in [0.1, 0.15) is 31.9 Å². The lowest BCUT2D eigenvalue weighted by atomic mass is 10.1. The van der Waals surface area contributed by atoms with Crippen LogP contribution in [0.4, 0.5) is 0 Å². The largest absolute Gasteiger partial charge is 0.311 e. The SMILES string of the molecule is CCCNC(C)c1cc(Br)ccc1Sc1nncn1C. The van der Waals surface area contributed by atoms with E-state index in [1.807, 2.05) is 11.6 Å². The predicted molar refractivity (Wildman–Crippen MR) is 86.0 cm³/mol. The first-order chi connectivity index (χ1) is 9.61. The van der Waals surface area contributed by atoms with E-state index in [-0.39, 0.29) is 0 Å². The summed E-state index contributed by atoms with van der Waals surface area (Å²) in [5, 5.41) is 12.5. The molecular formula is C14H19BrN4S. The van der Waals surface area contributed by atoms with Crippen LogP contribution in [0.3, 0.4) is 0 Å². The molecule has 4 nitrogen and oxygen atoms in total. The zero-order valence-electron chi connectivity index (χ0n) is 11.9. The molecule has 0 fully saturated rings. The van der Waals surface area contributed by atoms with Crippen molar-refractivity contribution in [1.82, 2.24) is 20.1 Å². The van der Waals surface area contributed by atoms with Gasteiger partial charge in [0.15, 0.2) is 5.16 Å². The quantitative estimate of drug-likeness (QED) is 0.856. The van der Waals surface area contributed by atoms with E-state index in [0.717, 1.165) is 22.6 Å². The second kappa shape index (κ2) is 7.24. The lowest BCUT2D eigenvalue weighted by Gasteiger charge is -2.17. The average molecular weight is 355 g/mol. The third-order valence-electron chi connectivity index (χ3n) is 3.01. The van der Waals surface area contributed by atoms with Gasteiger partial charge < -0.3 is 9.88 Å². The zero-order chi connectivity index (χ0) is 14.5. The maximum absolute atomic E-state index is 4.14. The van der Waals surface area contributed by atoms with Crippen molar-refractivity contribution in [2.75, 3.05) is 6.54 Å². The molecule has 1 aromatic heterocycles. The molecule has 0 saturated heterocycles. The molecule has 1 unspecified atom stereocenters. The summed E-state index contributed by atoms with van der Waals surface area (Å²) in [4.78, 5) is 1.21. The fourth-order valence-electron chi connectivity index (χ4n) is 1.88. The first-order valence-electron chi connectivity index (χ1n) is 6.66. The number of nitrogens with one attached hydrogen (secondary N) is 1. The van der Waals surface area contributed by atoms with Gasteiger partial charge in [-0.2, -0.15) is 0 Å². The molecule has 2 rings (SSSR count). The van der Waals surface area contributed by atoms with Gasteiger partial charge in [0.25, 0.3) is 0 Å². The normalized spacial score (nSPS) is 12.6. The number of nitrogens with zero attached hydrogens (tertiary/aromatic N) is 3. The molecule has 0 aliphatic heterocycles. The second-order valence-electron chi connectivity index (χ2n) is 4.68. The van der Waals surface area contributed by atoms with Crippen LogP contribution in [0.15, 0.2) is 39.1 Å². The first kappa shape index (κ1) is 15.5. The van der Waals surface area contributed by atoms with Gasteiger partial charge in [0.2, 0.25) is 0 Å². The number of halogens is 1. The number of hydrogen-bond acceptors (Lipinski definition) is 4. The molecule has 6 heteroatoms. The maximum Gasteiger partial charge on any atom is 0.195 e. The average Bonchev–Trinajstić information content (AvgIpc) is 2.83. The van der Waals surface area contributed by atoms with E-state index in [1.54, 1.807) is 18.1 Å². The number of hydrogen-bond donors (Lipinski definition) is 1. The number of rotatable bonds is 6. The summed E-state index contributed by atoms with van der Waals surface area (Å²) in [6.07, 6.45) is 2.85. The fraction of sp³-hybridized carbons (Fsp3) is 0.429. The number of benzene rings is 1. The van der Waals surface area contributed by atoms with Crippen LogP contribution in [0, 0.1) is 0 Å². The third-order valence-corrected chi connectivity index (χ3v) is 4.65. The molecule has 0 amide bonds. The van der Waals surface area contributed by atoms with Crippen molar-refractivity contribution >= 4 is 27.7 Å². The molecule has 0 aliphatic rings. The Kier molecular flexibility index (Phi) is 5.63. The second-order valence-corrected chi connectivity index (χ2v) is 6.61. The van der Waals surface area contributed by atoms with E-state index < -0.39 is 0 Å². The van der Waals surface area contributed by atoms with E-state index >= 15 is 0 Å². The minimum atomic E-state index is 0.308. The van der Waals surface area contributed by atoms with Gasteiger partial charge in [-0.3, -0.25) is 0 Å². The highest BCUT2D eigenvalue weighted by atomic mass is 79.9. The molecule has 0 radical (unpaired) electrons. The molecule has 0 saturated carbocycles. The Morgan fingerprint density at radius 3 is 2.90 bits per heavy atom. The summed E-state index contributed by atoms with van der Waals surface area (Å²) in [5.74, 6) is 0. The number of aromatic nitrogens is 3. The highest BCUT2D eigenvalue weighted by Gasteiger charge is 2.13. The summed E-state index contributed by atoms with van der Waals surface area (Å²) in [5.41, 5.74) is 1.28. The van der Waals surface area contributed by atoms with Gasteiger partial charge in [-0.05, 0) is 55.4 Å². The monoisotopic (exact) mass is 354 g/mol. The lowest BCUT2D eigenvalue weighted by molar-refractivity contribution is 0.563. The van der Waals surface area contributed by atoms with Crippen molar-refractivity contribution in [3.8, 4) is 0 Å². The molecule has 108 valence electrons. The molecule has 1 atom stereocenters. The van der Waals surface area contributed by atoms with Crippen molar-refractivity contribution in [3.05, 3.63) is 34.6 Å². The Hall–Kier alpha value is -0.850. The minimum Gasteiger partial charge on any atom is -0.311 e. The molecule has 1 aromatic carbocycles. The van der Waals surface area contributed by atoms with Crippen LogP contribution in [0.5, 0.6) is 0 Å². The van der Waals surface area contributed by atoms with Crippen LogP contribution in [0.2, 0.25) is 0 Å². The van der Waals surface area contributed by atoms with Crippen LogP contribution in [-0.2, 0) is 7.05 Å². The Morgan fingerprint density at radius 1 is 1.45 bits per heavy atom. The van der Waals surface area contributed by atoms with Crippen LogP contribution >= 0.6 is 27.7 Å². The lowest BCUT2D eigenvalue weighted by Crippen LogP contribution is -2.19. The smallest absolute Gasteiger partial charge is 0.195 e. The minimum absolute atomic E-state index is 0.308. The van der Waals surface area contributed by atoms with Gasteiger partial charge in [0, 0.05) is 22.5 Å². The molecule has 1 heterocycles. The third kappa shape index (κ3) is 3.84. The summed E-state index contributed by atoms with van der Waals surface area (Å²) in [7, 11) is 1.96. The van der Waals surface area contributed by atoms with E-state index in [2.05, 4.69) is 63.5 Å². The maximum atomic E-state index is 4.14. The summed E-state index contributed by atoms with van der Waals surface area (Å²) in [6.45, 7) is 5.38. The Morgan fingerprint density at radius 2 is 2.25 bits per heavy atom. The van der Waals surface area contributed by atoms with E-state index in [1.165, 1.54) is 10.5 Å². The van der Waals surface area contributed by atoms with Crippen molar-refractivity contribution in [2.45, 2.75) is 36.4 Å². The number of aryl methyl sites for hydroxylation is 1. The Balaban J connectivity index is 2.25. The Labute approximate surface area is 132 Å². The predicted octanol–water partition coefficient (Wildman–Crippen LogP) is 3.79. The van der Waals surface area contributed by atoms with Crippen LogP contribution < -0.4 is 5.32 Å². The first-order valence-corrected chi connectivity index (χ1v) is 8.27. The van der Waals surface area contributed by atoms with Crippen LogP contribution in [0.25, 0.3) is 0 Å². The zero-order valence-corrected chi connectivity index (χ0v) is 14.3. The molecule has 0 aliphatic carbocycles. The molecule has 1 N–H and O–H groups in total. The highest BCUT2D eigenvalue weighted by Crippen LogP contribution is 2.33. The van der Waals surface area contributed by atoms with Gasteiger partial charge in [-0.1, -0.05) is 22.9 Å². The summed E-state index contributed by atoms with van der Waals surface area (Å²) < 4.78 is 3.03. The van der Waals surface area contributed by atoms with Crippen molar-refractivity contribution < 1.29 is 0 Å². The molecule has 0 spiro atoms. The van der Waals surface area contributed by atoms with E-state index in [0.29, 0.717) is 6.04 Å². The molecule has 2 aromatic rings. The topological polar surface area (TPSA) is 42.7 Å². The standard InChI is InChI=1S/C14H19BrN4S/c1-4-7-16-10(2)12-8-11(15)5-6-13(12)20-14-18-17-9-19(14)3/h5-6,8-10,16H,4,7H2,1-3H3. The van der Waals surface area contributed by atoms with Gasteiger partial charge >= 0.3 is 0 Å². The Bertz CT molecular complexity index is 570. The van der Waals surface area contributed by atoms with Gasteiger partial charge in [-0.15, -0.1) is 10.2 Å². The van der Waals surface area contributed by atoms with E-state index in [4.69, 9.17) is 0 Å². The fourth-order valence-corrected chi connectivity index (χ4v) is 3.23. The van der Waals surface area contributed by atoms with Crippen molar-refractivity contribution in [1.29, 1.82) is 0 Å². The van der Waals surface area contributed by atoms with E-state index in [9.17, 15) is 0 Å².